The number of anilines is 1. The first-order valence-corrected chi connectivity index (χ1v) is 8.15. The minimum absolute atomic E-state index is 0.431. The summed E-state index contributed by atoms with van der Waals surface area (Å²) in [6, 6.07) is 6.14. The van der Waals surface area contributed by atoms with Crippen LogP contribution >= 0.6 is 27.7 Å². The van der Waals surface area contributed by atoms with Gasteiger partial charge in [0.2, 0.25) is 0 Å². The van der Waals surface area contributed by atoms with E-state index in [0.29, 0.717) is 12.1 Å². The van der Waals surface area contributed by atoms with Crippen LogP contribution in [0.4, 0.5) is 10.5 Å². The molecule has 110 valence electrons. The van der Waals surface area contributed by atoms with E-state index >= 15 is 0 Å². The van der Waals surface area contributed by atoms with Gasteiger partial charge in [-0.15, -0.1) is 0 Å². The van der Waals surface area contributed by atoms with Crippen LogP contribution in [-0.4, -0.2) is 37.2 Å². The highest BCUT2D eigenvalue weighted by molar-refractivity contribution is 9.10. The van der Waals surface area contributed by atoms with Gasteiger partial charge in [0.15, 0.2) is 0 Å². The number of ether oxygens (including phenoxy) is 1. The maximum atomic E-state index is 11.9. The highest BCUT2D eigenvalue weighted by Gasteiger charge is 2.20. The Morgan fingerprint density at radius 2 is 2.20 bits per heavy atom. The van der Waals surface area contributed by atoms with Gasteiger partial charge < -0.3 is 15.4 Å². The predicted octanol–water partition coefficient (Wildman–Crippen LogP) is 2.87. The Balaban J connectivity index is 2.59. The highest BCUT2D eigenvalue weighted by atomic mass is 79.9. The molecule has 2 N–H and O–H groups in total. The van der Waals surface area contributed by atoms with E-state index in [1.165, 1.54) is 7.11 Å². The lowest BCUT2D eigenvalue weighted by Crippen LogP contribution is -2.44. The SMILES string of the molecule is COC(=O)[C@H](CCSC)NC(=O)Nc1cccc(Br)c1. The molecule has 0 aromatic heterocycles. The number of carbonyl (C=O) groups excluding carboxylic acids is 2. The van der Waals surface area contributed by atoms with Crippen molar-refractivity contribution in [1.29, 1.82) is 0 Å². The fraction of sp³-hybridized carbons (Fsp3) is 0.385. The second-order valence-electron chi connectivity index (χ2n) is 3.97. The molecule has 0 bridgehead atoms. The van der Waals surface area contributed by atoms with Crippen LogP contribution < -0.4 is 10.6 Å². The van der Waals surface area contributed by atoms with Crippen LogP contribution in [0.5, 0.6) is 0 Å². The minimum Gasteiger partial charge on any atom is -0.467 e. The molecule has 0 heterocycles. The van der Waals surface area contributed by atoms with Crippen LogP contribution in [0.15, 0.2) is 28.7 Å². The van der Waals surface area contributed by atoms with Gasteiger partial charge in [-0.05, 0) is 36.6 Å². The molecule has 0 spiro atoms. The van der Waals surface area contributed by atoms with Gasteiger partial charge in [0.1, 0.15) is 6.04 Å². The van der Waals surface area contributed by atoms with Gasteiger partial charge >= 0.3 is 12.0 Å². The molecule has 0 aliphatic heterocycles. The number of urea groups is 1. The lowest BCUT2D eigenvalue weighted by Gasteiger charge is -2.16. The Morgan fingerprint density at radius 3 is 2.80 bits per heavy atom. The highest BCUT2D eigenvalue weighted by Crippen LogP contribution is 2.15. The van der Waals surface area contributed by atoms with Gasteiger partial charge in [-0.1, -0.05) is 22.0 Å². The van der Waals surface area contributed by atoms with Gasteiger partial charge in [0, 0.05) is 10.2 Å². The van der Waals surface area contributed by atoms with Crippen molar-refractivity contribution in [2.24, 2.45) is 0 Å². The average Bonchev–Trinajstić information content (AvgIpc) is 2.42. The van der Waals surface area contributed by atoms with E-state index in [1.54, 1.807) is 23.9 Å². The number of nitrogens with one attached hydrogen (secondary N) is 2. The molecule has 1 aromatic rings. The zero-order valence-electron chi connectivity index (χ0n) is 11.3. The summed E-state index contributed by atoms with van der Waals surface area (Å²) in [4.78, 5) is 23.4. The molecule has 1 aromatic carbocycles. The standard InChI is InChI=1S/C13H17BrN2O3S/c1-19-12(17)11(6-7-20-2)16-13(18)15-10-5-3-4-9(14)8-10/h3-5,8,11H,6-7H2,1-2H3,(H2,15,16,18)/t11-/m0/s1. The number of rotatable bonds is 6. The largest absolute Gasteiger partial charge is 0.467 e. The fourth-order valence-electron chi connectivity index (χ4n) is 1.52. The van der Waals surface area contributed by atoms with E-state index in [4.69, 9.17) is 0 Å². The van der Waals surface area contributed by atoms with E-state index in [-0.39, 0.29) is 0 Å². The first-order valence-electron chi connectivity index (χ1n) is 5.96. The molecule has 0 unspecified atom stereocenters. The molecule has 0 aliphatic carbocycles. The van der Waals surface area contributed by atoms with E-state index in [9.17, 15) is 9.59 Å². The second kappa shape index (κ2) is 8.86. The van der Waals surface area contributed by atoms with E-state index < -0.39 is 18.0 Å². The predicted molar refractivity (Wildman–Crippen MR) is 85.1 cm³/mol. The van der Waals surface area contributed by atoms with E-state index in [2.05, 4.69) is 31.3 Å². The smallest absolute Gasteiger partial charge is 0.328 e. The third-order valence-corrected chi connectivity index (χ3v) is 3.62. The molecule has 2 amide bonds. The minimum atomic E-state index is -0.639. The molecule has 20 heavy (non-hydrogen) atoms. The number of amides is 2. The van der Waals surface area contributed by atoms with Gasteiger partial charge in [-0.2, -0.15) is 11.8 Å². The summed E-state index contributed by atoms with van der Waals surface area (Å²) in [5, 5.41) is 5.29. The Labute approximate surface area is 131 Å². The first kappa shape index (κ1) is 16.8. The summed E-state index contributed by atoms with van der Waals surface area (Å²) in [7, 11) is 1.31. The molecule has 0 fully saturated rings. The van der Waals surface area contributed by atoms with Crippen molar-refractivity contribution in [1.82, 2.24) is 5.32 Å². The molecule has 0 aliphatic rings. The second-order valence-corrected chi connectivity index (χ2v) is 5.87. The third kappa shape index (κ3) is 5.83. The summed E-state index contributed by atoms with van der Waals surface area (Å²) >= 11 is 4.93. The lowest BCUT2D eigenvalue weighted by molar-refractivity contribution is -0.142. The zero-order valence-corrected chi connectivity index (χ0v) is 13.7. The van der Waals surface area contributed by atoms with Crippen molar-refractivity contribution in [3.63, 3.8) is 0 Å². The summed E-state index contributed by atoms with van der Waals surface area (Å²) in [6.45, 7) is 0. The van der Waals surface area contributed by atoms with E-state index in [0.717, 1.165) is 10.2 Å². The molecule has 0 radical (unpaired) electrons. The van der Waals surface area contributed by atoms with Crippen LogP contribution in [0.25, 0.3) is 0 Å². The summed E-state index contributed by atoms with van der Waals surface area (Å²) in [5.74, 6) is 0.320. The fourth-order valence-corrected chi connectivity index (χ4v) is 2.39. The molecule has 0 saturated heterocycles. The Kier molecular flexibility index (Phi) is 7.46. The number of benzene rings is 1. The van der Waals surface area contributed by atoms with Crippen LogP contribution in [0.1, 0.15) is 6.42 Å². The van der Waals surface area contributed by atoms with Crippen molar-refractivity contribution in [2.75, 3.05) is 24.4 Å². The van der Waals surface area contributed by atoms with Gasteiger partial charge in [0.25, 0.3) is 0 Å². The molecule has 0 saturated carbocycles. The number of esters is 1. The van der Waals surface area contributed by atoms with Crippen molar-refractivity contribution in [3.05, 3.63) is 28.7 Å². The van der Waals surface area contributed by atoms with Gasteiger partial charge in [-0.25, -0.2) is 9.59 Å². The molecule has 7 heteroatoms. The Morgan fingerprint density at radius 1 is 1.45 bits per heavy atom. The van der Waals surface area contributed by atoms with Gasteiger partial charge in [-0.3, -0.25) is 0 Å². The van der Waals surface area contributed by atoms with Crippen LogP contribution in [0, 0.1) is 0 Å². The van der Waals surface area contributed by atoms with Crippen LogP contribution in [0.2, 0.25) is 0 Å². The lowest BCUT2D eigenvalue weighted by atomic mass is 10.2. The number of hydrogen-bond acceptors (Lipinski definition) is 4. The number of hydrogen-bond donors (Lipinski definition) is 2. The molecular weight excluding hydrogens is 344 g/mol. The van der Waals surface area contributed by atoms with Crippen molar-refractivity contribution >= 4 is 45.4 Å². The molecular formula is C13H17BrN2O3S. The normalized spacial score (nSPS) is 11.6. The number of carbonyl (C=O) groups is 2. The topological polar surface area (TPSA) is 67.4 Å². The van der Waals surface area contributed by atoms with Crippen molar-refractivity contribution < 1.29 is 14.3 Å². The zero-order chi connectivity index (χ0) is 15.0. The average molecular weight is 361 g/mol. The maximum absolute atomic E-state index is 11.9. The molecule has 1 atom stereocenters. The van der Waals surface area contributed by atoms with Gasteiger partial charge in [0.05, 0.1) is 7.11 Å². The molecule has 5 nitrogen and oxygen atoms in total. The number of methoxy groups -OCH3 is 1. The van der Waals surface area contributed by atoms with Crippen molar-refractivity contribution in [3.8, 4) is 0 Å². The Bertz CT molecular complexity index is 471. The number of thioether (sulfide) groups is 1. The Hall–Kier alpha value is -1.21. The van der Waals surface area contributed by atoms with Crippen LogP contribution in [-0.2, 0) is 9.53 Å². The van der Waals surface area contributed by atoms with Crippen molar-refractivity contribution in [2.45, 2.75) is 12.5 Å². The maximum Gasteiger partial charge on any atom is 0.328 e. The number of halogens is 1. The summed E-state index contributed by atoms with van der Waals surface area (Å²) < 4.78 is 5.54. The molecule has 1 rings (SSSR count). The third-order valence-electron chi connectivity index (χ3n) is 2.48. The summed E-state index contributed by atoms with van der Waals surface area (Å²) in [5.41, 5.74) is 0.644. The monoisotopic (exact) mass is 360 g/mol. The van der Waals surface area contributed by atoms with Crippen LogP contribution in [0.3, 0.4) is 0 Å². The quantitative estimate of drug-likeness (QED) is 0.765. The first-order chi connectivity index (χ1) is 9.56. The summed E-state index contributed by atoms with van der Waals surface area (Å²) in [6.07, 6.45) is 2.47. The van der Waals surface area contributed by atoms with E-state index in [1.807, 2.05) is 18.4 Å².